The van der Waals surface area contributed by atoms with Crippen molar-refractivity contribution in [2.24, 2.45) is 0 Å². The van der Waals surface area contributed by atoms with Crippen molar-refractivity contribution in [3.05, 3.63) is 47.7 Å². The molecule has 2 aliphatic rings. The molecule has 2 aliphatic heterocycles. The molecular weight excluding hydrogens is 356 g/mol. The quantitative estimate of drug-likeness (QED) is 0.857. The minimum absolute atomic E-state index is 0.0475. The number of benzene rings is 1. The lowest BCUT2D eigenvalue weighted by molar-refractivity contribution is 0.0628. The van der Waals surface area contributed by atoms with Crippen LogP contribution in [0.5, 0.6) is 11.5 Å². The lowest BCUT2D eigenvalue weighted by atomic mass is 10.1. The predicted octanol–water partition coefficient (Wildman–Crippen LogP) is 2.59. The number of nitrogens with one attached hydrogen (secondary N) is 1. The van der Waals surface area contributed by atoms with Crippen molar-refractivity contribution in [2.45, 2.75) is 26.4 Å². The van der Waals surface area contributed by atoms with Crippen molar-refractivity contribution in [2.75, 3.05) is 38.3 Å². The van der Waals surface area contributed by atoms with E-state index < -0.39 is 0 Å². The standard InChI is InChI=1S/C21H26N4O3/c1-15(2)23-20-6-4-17(12-22-20)21(26)25-9-7-24(8-10-25)13-16-3-5-18-19(11-16)28-14-27-18/h3-6,11-12,15H,7-10,13-14H2,1-2H3,(H,22,23). The van der Waals surface area contributed by atoms with Gasteiger partial charge in [-0.3, -0.25) is 9.69 Å². The Labute approximate surface area is 165 Å². The van der Waals surface area contributed by atoms with Gasteiger partial charge < -0.3 is 19.7 Å². The van der Waals surface area contributed by atoms with Gasteiger partial charge in [0.05, 0.1) is 5.56 Å². The van der Waals surface area contributed by atoms with Gasteiger partial charge in [0.15, 0.2) is 11.5 Å². The van der Waals surface area contributed by atoms with Crippen LogP contribution >= 0.6 is 0 Å². The summed E-state index contributed by atoms with van der Waals surface area (Å²) >= 11 is 0. The van der Waals surface area contributed by atoms with Crippen LogP contribution in [0.2, 0.25) is 0 Å². The number of carbonyl (C=O) groups excluding carboxylic acids is 1. The summed E-state index contributed by atoms with van der Waals surface area (Å²) in [4.78, 5) is 21.3. The Kier molecular flexibility index (Phi) is 5.34. The maximum Gasteiger partial charge on any atom is 0.255 e. The largest absolute Gasteiger partial charge is 0.454 e. The molecule has 3 heterocycles. The number of nitrogens with zero attached hydrogens (tertiary/aromatic N) is 3. The van der Waals surface area contributed by atoms with Crippen molar-refractivity contribution in [1.82, 2.24) is 14.8 Å². The van der Waals surface area contributed by atoms with Gasteiger partial charge >= 0.3 is 0 Å². The van der Waals surface area contributed by atoms with Gasteiger partial charge in [-0.2, -0.15) is 0 Å². The van der Waals surface area contributed by atoms with Crippen LogP contribution in [-0.4, -0.2) is 59.7 Å². The fraction of sp³-hybridized carbons (Fsp3) is 0.429. The van der Waals surface area contributed by atoms with Crippen LogP contribution in [-0.2, 0) is 6.54 Å². The highest BCUT2D eigenvalue weighted by molar-refractivity contribution is 5.94. The molecule has 0 aliphatic carbocycles. The van der Waals surface area contributed by atoms with Crippen LogP contribution < -0.4 is 14.8 Å². The van der Waals surface area contributed by atoms with E-state index in [1.807, 2.05) is 29.2 Å². The van der Waals surface area contributed by atoms with Crippen molar-refractivity contribution in [3.63, 3.8) is 0 Å². The van der Waals surface area contributed by atoms with Crippen molar-refractivity contribution in [3.8, 4) is 11.5 Å². The van der Waals surface area contributed by atoms with Crippen molar-refractivity contribution < 1.29 is 14.3 Å². The van der Waals surface area contributed by atoms with E-state index >= 15 is 0 Å². The molecule has 1 aromatic heterocycles. The molecule has 0 saturated carbocycles. The van der Waals surface area contributed by atoms with Gasteiger partial charge in [-0.15, -0.1) is 0 Å². The van der Waals surface area contributed by atoms with Gasteiger partial charge in [0.25, 0.3) is 5.91 Å². The van der Waals surface area contributed by atoms with E-state index in [1.165, 1.54) is 5.56 Å². The first kappa shape index (κ1) is 18.6. The van der Waals surface area contributed by atoms with E-state index in [-0.39, 0.29) is 5.91 Å². The van der Waals surface area contributed by atoms with Gasteiger partial charge in [-0.1, -0.05) is 6.07 Å². The molecular formula is C21H26N4O3. The van der Waals surface area contributed by atoms with Gasteiger partial charge in [0.1, 0.15) is 5.82 Å². The minimum atomic E-state index is 0.0475. The fourth-order valence-corrected chi connectivity index (χ4v) is 3.49. The van der Waals surface area contributed by atoms with E-state index in [9.17, 15) is 4.79 Å². The average molecular weight is 382 g/mol. The molecule has 1 saturated heterocycles. The molecule has 7 nitrogen and oxygen atoms in total. The van der Waals surface area contributed by atoms with Crippen LogP contribution in [0.1, 0.15) is 29.8 Å². The number of anilines is 1. The number of hydrogen-bond donors (Lipinski definition) is 1. The second kappa shape index (κ2) is 8.06. The van der Waals surface area contributed by atoms with E-state index in [0.29, 0.717) is 18.4 Å². The highest BCUT2D eigenvalue weighted by atomic mass is 16.7. The first-order valence-corrected chi connectivity index (χ1v) is 9.71. The van der Waals surface area contributed by atoms with Gasteiger partial charge in [-0.05, 0) is 43.7 Å². The zero-order valence-electron chi connectivity index (χ0n) is 16.4. The third kappa shape index (κ3) is 4.20. The lowest BCUT2D eigenvalue weighted by Crippen LogP contribution is -2.48. The average Bonchev–Trinajstić information content (AvgIpc) is 3.16. The minimum Gasteiger partial charge on any atom is -0.454 e. The maximum absolute atomic E-state index is 12.7. The summed E-state index contributed by atoms with van der Waals surface area (Å²) in [5.74, 6) is 2.46. The molecule has 148 valence electrons. The lowest BCUT2D eigenvalue weighted by Gasteiger charge is -2.34. The summed E-state index contributed by atoms with van der Waals surface area (Å²) in [6.07, 6.45) is 1.66. The summed E-state index contributed by atoms with van der Waals surface area (Å²) in [6, 6.07) is 10.1. The van der Waals surface area contributed by atoms with E-state index in [0.717, 1.165) is 50.0 Å². The van der Waals surface area contributed by atoms with Crippen LogP contribution in [0.3, 0.4) is 0 Å². The number of rotatable bonds is 5. The van der Waals surface area contributed by atoms with E-state index in [1.54, 1.807) is 6.20 Å². The van der Waals surface area contributed by atoms with Crippen molar-refractivity contribution in [1.29, 1.82) is 0 Å². The van der Waals surface area contributed by atoms with E-state index in [4.69, 9.17) is 9.47 Å². The smallest absolute Gasteiger partial charge is 0.255 e. The number of pyridine rings is 1. The monoisotopic (exact) mass is 382 g/mol. The number of carbonyl (C=O) groups is 1. The normalized spacial score (nSPS) is 16.5. The molecule has 28 heavy (non-hydrogen) atoms. The molecule has 0 unspecified atom stereocenters. The molecule has 7 heteroatoms. The molecule has 2 aromatic rings. The zero-order valence-corrected chi connectivity index (χ0v) is 16.4. The SMILES string of the molecule is CC(C)Nc1ccc(C(=O)N2CCN(Cc3ccc4c(c3)OCO4)CC2)cn1. The summed E-state index contributed by atoms with van der Waals surface area (Å²) in [5.41, 5.74) is 1.83. The molecule has 0 spiro atoms. The van der Waals surface area contributed by atoms with Crippen LogP contribution in [0.15, 0.2) is 36.5 Å². The Hall–Kier alpha value is -2.80. The molecule has 4 rings (SSSR count). The summed E-state index contributed by atoms with van der Waals surface area (Å²) < 4.78 is 10.8. The van der Waals surface area contributed by atoms with Gasteiger partial charge in [0.2, 0.25) is 6.79 Å². The Bertz CT molecular complexity index is 830. The number of piperazine rings is 1. The number of hydrogen-bond acceptors (Lipinski definition) is 6. The van der Waals surface area contributed by atoms with Crippen LogP contribution in [0.25, 0.3) is 0 Å². The Morgan fingerprint density at radius 3 is 2.61 bits per heavy atom. The molecule has 1 aromatic carbocycles. The Morgan fingerprint density at radius 2 is 1.89 bits per heavy atom. The topological polar surface area (TPSA) is 66.9 Å². The summed E-state index contributed by atoms with van der Waals surface area (Å²) in [6.45, 7) is 8.39. The summed E-state index contributed by atoms with van der Waals surface area (Å²) in [7, 11) is 0. The first-order chi connectivity index (χ1) is 13.6. The highest BCUT2D eigenvalue weighted by Crippen LogP contribution is 2.32. The molecule has 1 amide bonds. The molecule has 0 radical (unpaired) electrons. The third-order valence-electron chi connectivity index (χ3n) is 4.95. The van der Waals surface area contributed by atoms with E-state index in [2.05, 4.69) is 35.1 Å². The van der Waals surface area contributed by atoms with Gasteiger partial charge in [0, 0.05) is 45.0 Å². The fourth-order valence-electron chi connectivity index (χ4n) is 3.49. The molecule has 1 N–H and O–H groups in total. The predicted molar refractivity (Wildman–Crippen MR) is 107 cm³/mol. The molecule has 1 fully saturated rings. The second-order valence-corrected chi connectivity index (χ2v) is 7.49. The first-order valence-electron chi connectivity index (χ1n) is 9.71. The van der Waals surface area contributed by atoms with Gasteiger partial charge in [-0.25, -0.2) is 4.98 Å². The summed E-state index contributed by atoms with van der Waals surface area (Å²) in [5, 5.41) is 3.24. The van der Waals surface area contributed by atoms with Crippen molar-refractivity contribution >= 4 is 11.7 Å². The number of fused-ring (bicyclic) bond motifs is 1. The zero-order chi connectivity index (χ0) is 19.5. The number of amides is 1. The number of aromatic nitrogens is 1. The third-order valence-corrected chi connectivity index (χ3v) is 4.95. The Morgan fingerprint density at radius 1 is 1.11 bits per heavy atom. The van der Waals surface area contributed by atoms with Crippen LogP contribution in [0.4, 0.5) is 5.82 Å². The second-order valence-electron chi connectivity index (χ2n) is 7.49. The molecule has 0 atom stereocenters. The highest BCUT2D eigenvalue weighted by Gasteiger charge is 2.23. The Balaban J connectivity index is 1.30. The number of ether oxygens (including phenoxy) is 2. The van der Waals surface area contributed by atoms with Crippen LogP contribution in [0, 0.1) is 0 Å². The molecule has 0 bridgehead atoms. The maximum atomic E-state index is 12.7.